The summed E-state index contributed by atoms with van der Waals surface area (Å²) >= 11 is 0. The van der Waals surface area contributed by atoms with Crippen LogP contribution in [0.5, 0.6) is 0 Å². The lowest BCUT2D eigenvalue weighted by Gasteiger charge is -2.30. The van der Waals surface area contributed by atoms with E-state index in [0.717, 1.165) is 0 Å². The largest absolute Gasteiger partial charge is 0.503 e. The maximum atomic E-state index is 8.96. The van der Waals surface area contributed by atoms with Crippen molar-refractivity contribution >= 4 is 6.16 Å². The Bertz CT molecular complexity index is 135. The number of hydrogen-bond donors (Lipinski definition) is 5. The van der Waals surface area contributed by atoms with Gasteiger partial charge in [-0.15, -0.1) is 0 Å². The summed E-state index contributed by atoms with van der Waals surface area (Å²) in [7, 11) is 0. The number of rotatable bonds is 3. The summed E-state index contributed by atoms with van der Waals surface area (Å²) in [4.78, 5) is 9.72. The highest BCUT2D eigenvalue weighted by Crippen LogP contribution is 2.04. The molecule has 0 heterocycles. The van der Waals surface area contributed by atoms with Crippen LogP contribution >= 0.6 is 0 Å². The van der Waals surface area contributed by atoms with Crippen molar-refractivity contribution in [2.45, 2.75) is 39.5 Å². The first-order valence-corrected chi connectivity index (χ1v) is 3.93. The fraction of sp³-hybridized carbons (Fsp3) is 0.857. The van der Waals surface area contributed by atoms with Crippen LogP contribution in [0.1, 0.15) is 20.8 Å². The molecule has 0 aromatic heterocycles. The Morgan fingerprint density at radius 3 is 1.07 bits per heavy atom. The molecule has 0 aliphatic heterocycles. The monoisotopic (exact) mass is 211 g/mol. The third-order valence-electron chi connectivity index (χ3n) is 1.29. The van der Waals surface area contributed by atoms with Gasteiger partial charge in [-0.05, 0) is 20.8 Å². The average Bonchev–Trinajstić information content (AvgIpc) is 1.80. The molecule has 0 rings (SSSR count). The number of carboxylic acid groups (broad SMARTS) is 2. The van der Waals surface area contributed by atoms with Crippen LogP contribution in [-0.2, 0) is 0 Å². The van der Waals surface area contributed by atoms with Crippen molar-refractivity contribution in [3.8, 4) is 0 Å². The van der Waals surface area contributed by atoms with Gasteiger partial charge in [0.2, 0.25) is 0 Å². The molecule has 0 aliphatic carbocycles. The van der Waals surface area contributed by atoms with E-state index in [-0.39, 0.29) is 0 Å². The highest BCUT2D eigenvalue weighted by molar-refractivity contribution is 5.53. The Morgan fingerprint density at radius 2 is 1.07 bits per heavy atom. The van der Waals surface area contributed by atoms with E-state index >= 15 is 0 Å². The van der Waals surface area contributed by atoms with Crippen LogP contribution in [-0.4, -0.2) is 55.3 Å². The Kier molecular flexibility index (Phi) is 8.35. The first-order chi connectivity index (χ1) is 6.20. The third kappa shape index (κ3) is 9.20. The summed E-state index contributed by atoms with van der Waals surface area (Å²) in [5.41, 5.74) is 0. The average molecular weight is 211 g/mol. The lowest BCUT2D eigenvalue weighted by Crippen LogP contribution is -2.45. The molecule has 0 aromatic rings. The molecule has 7 nitrogen and oxygen atoms in total. The zero-order chi connectivity index (χ0) is 11.9. The SMILES string of the molecule is CC(O)N(C(C)O)C(C)O.O=C(O)O. The molecule has 14 heavy (non-hydrogen) atoms. The Balaban J connectivity index is 0. The van der Waals surface area contributed by atoms with Crippen LogP contribution in [0.2, 0.25) is 0 Å². The number of aliphatic hydroxyl groups is 3. The standard InChI is InChI=1S/C6H15NO3.CH2O3/c1-4(8)7(5(2)9)6(3)10;2-1(3)4/h4-6,8-10H,1-3H3;(H2,2,3,4). The summed E-state index contributed by atoms with van der Waals surface area (Å²) < 4.78 is 0. The van der Waals surface area contributed by atoms with Gasteiger partial charge in [0.25, 0.3) is 0 Å². The molecule has 86 valence electrons. The summed E-state index contributed by atoms with van der Waals surface area (Å²) in [6, 6.07) is 0. The van der Waals surface area contributed by atoms with E-state index in [0.29, 0.717) is 0 Å². The lowest BCUT2D eigenvalue weighted by molar-refractivity contribution is -0.159. The zero-order valence-electron chi connectivity index (χ0n) is 8.32. The quantitative estimate of drug-likeness (QED) is 0.400. The fourth-order valence-corrected chi connectivity index (χ4v) is 0.937. The maximum absolute atomic E-state index is 8.96. The molecular weight excluding hydrogens is 194 g/mol. The van der Waals surface area contributed by atoms with Gasteiger partial charge in [0.15, 0.2) is 0 Å². The van der Waals surface area contributed by atoms with Crippen LogP contribution in [0, 0.1) is 0 Å². The summed E-state index contributed by atoms with van der Waals surface area (Å²) in [5.74, 6) is 0. The molecule has 0 aliphatic rings. The van der Waals surface area contributed by atoms with Crippen molar-refractivity contribution in [1.82, 2.24) is 4.90 Å². The highest BCUT2D eigenvalue weighted by Gasteiger charge is 2.20. The van der Waals surface area contributed by atoms with Gasteiger partial charge in [0.1, 0.15) is 18.7 Å². The van der Waals surface area contributed by atoms with E-state index in [1.54, 1.807) is 0 Å². The lowest BCUT2D eigenvalue weighted by atomic mass is 10.4. The first-order valence-electron chi connectivity index (χ1n) is 3.93. The molecule has 7 heteroatoms. The molecule has 3 unspecified atom stereocenters. The Morgan fingerprint density at radius 1 is 0.929 bits per heavy atom. The van der Waals surface area contributed by atoms with E-state index in [9.17, 15) is 0 Å². The number of aliphatic hydroxyl groups excluding tert-OH is 3. The van der Waals surface area contributed by atoms with Gasteiger partial charge in [-0.3, -0.25) is 0 Å². The molecule has 0 saturated carbocycles. The molecule has 0 saturated heterocycles. The molecular formula is C7H17NO6. The number of hydrogen-bond acceptors (Lipinski definition) is 5. The van der Waals surface area contributed by atoms with Gasteiger partial charge in [0, 0.05) is 0 Å². The van der Waals surface area contributed by atoms with Crippen LogP contribution in [0.15, 0.2) is 0 Å². The normalized spacial score (nSPS) is 16.5. The second-order valence-corrected chi connectivity index (χ2v) is 2.63. The zero-order valence-corrected chi connectivity index (χ0v) is 8.32. The van der Waals surface area contributed by atoms with Gasteiger partial charge in [0.05, 0.1) is 0 Å². The minimum Gasteiger partial charge on any atom is -0.450 e. The van der Waals surface area contributed by atoms with Crippen molar-refractivity contribution in [1.29, 1.82) is 0 Å². The molecule has 0 spiro atoms. The van der Waals surface area contributed by atoms with Crippen molar-refractivity contribution in [2.24, 2.45) is 0 Å². The number of carbonyl (C=O) groups is 1. The second-order valence-electron chi connectivity index (χ2n) is 2.63. The topological polar surface area (TPSA) is 121 Å². The highest BCUT2D eigenvalue weighted by atomic mass is 16.6. The molecule has 0 aromatic carbocycles. The van der Waals surface area contributed by atoms with Crippen LogP contribution in [0.3, 0.4) is 0 Å². The van der Waals surface area contributed by atoms with Crippen LogP contribution in [0.4, 0.5) is 4.79 Å². The van der Waals surface area contributed by atoms with Gasteiger partial charge >= 0.3 is 6.16 Å². The minimum atomic E-state index is -1.83. The third-order valence-corrected chi connectivity index (χ3v) is 1.29. The van der Waals surface area contributed by atoms with E-state index in [1.807, 2.05) is 0 Å². The van der Waals surface area contributed by atoms with Gasteiger partial charge in [-0.2, -0.15) is 0 Å². The van der Waals surface area contributed by atoms with Gasteiger partial charge in [-0.1, -0.05) is 0 Å². The minimum absolute atomic E-state index is 0.833. The molecule has 3 atom stereocenters. The second kappa shape index (κ2) is 7.51. The van der Waals surface area contributed by atoms with Crippen LogP contribution < -0.4 is 0 Å². The Hall–Kier alpha value is -0.890. The van der Waals surface area contributed by atoms with Crippen molar-refractivity contribution in [3.63, 3.8) is 0 Å². The van der Waals surface area contributed by atoms with Gasteiger partial charge in [-0.25, -0.2) is 9.69 Å². The van der Waals surface area contributed by atoms with E-state index in [2.05, 4.69) is 0 Å². The predicted octanol–water partition coefficient (Wildman–Crippen LogP) is -0.474. The molecule has 0 radical (unpaired) electrons. The van der Waals surface area contributed by atoms with Crippen molar-refractivity contribution in [3.05, 3.63) is 0 Å². The van der Waals surface area contributed by atoms with E-state index in [4.69, 9.17) is 30.3 Å². The van der Waals surface area contributed by atoms with Gasteiger partial charge < -0.3 is 25.5 Å². The van der Waals surface area contributed by atoms with Crippen LogP contribution in [0.25, 0.3) is 0 Å². The smallest absolute Gasteiger partial charge is 0.450 e. The molecule has 5 N–H and O–H groups in total. The van der Waals surface area contributed by atoms with Crippen molar-refractivity contribution < 1.29 is 30.3 Å². The summed E-state index contributed by atoms with van der Waals surface area (Å²) in [6.45, 7) is 4.46. The summed E-state index contributed by atoms with van der Waals surface area (Å²) in [5, 5.41) is 40.8. The molecule has 0 amide bonds. The van der Waals surface area contributed by atoms with Crippen molar-refractivity contribution in [2.75, 3.05) is 0 Å². The predicted molar refractivity (Wildman–Crippen MR) is 47.5 cm³/mol. The Labute approximate surface area is 81.8 Å². The fourth-order valence-electron chi connectivity index (χ4n) is 0.937. The maximum Gasteiger partial charge on any atom is 0.503 e. The van der Waals surface area contributed by atoms with E-state index < -0.39 is 24.8 Å². The number of nitrogens with zero attached hydrogens (tertiary/aromatic N) is 1. The first kappa shape index (κ1) is 15.6. The van der Waals surface area contributed by atoms with E-state index in [1.165, 1.54) is 25.7 Å². The molecule has 0 fully saturated rings. The molecule has 0 bridgehead atoms. The summed E-state index contributed by atoms with van der Waals surface area (Å²) in [6.07, 6.45) is -4.33.